The van der Waals surface area contributed by atoms with Crippen LogP contribution in [0.1, 0.15) is 12.5 Å². The highest BCUT2D eigenvalue weighted by Gasteiger charge is 2.28. The minimum atomic E-state index is -3.63. The number of amides is 1. The van der Waals surface area contributed by atoms with Crippen molar-refractivity contribution in [3.63, 3.8) is 0 Å². The van der Waals surface area contributed by atoms with Crippen molar-refractivity contribution in [2.24, 2.45) is 5.73 Å². The molecule has 7 heteroatoms. The molecule has 1 rings (SSSR count). The molecule has 1 amide bonds. The van der Waals surface area contributed by atoms with Crippen LogP contribution in [0.15, 0.2) is 18.2 Å². The standard InChI is InChI=1S/C11H15ClN2O3S/c1-7-4-5-9(12)6-10(7)14(18(3,16)17)8(2)11(13)15/h4-6,8H,1-3H3,(H2,13,15). The maximum absolute atomic E-state index is 11.8. The number of hydrogen-bond donors (Lipinski definition) is 1. The summed E-state index contributed by atoms with van der Waals surface area (Å²) in [6, 6.07) is 3.86. The Morgan fingerprint density at radius 1 is 1.44 bits per heavy atom. The Morgan fingerprint density at radius 2 is 2.00 bits per heavy atom. The molecule has 1 unspecified atom stereocenters. The van der Waals surface area contributed by atoms with Gasteiger partial charge in [-0.2, -0.15) is 0 Å². The third-order valence-electron chi connectivity index (χ3n) is 2.53. The first-order valence-electron chi connectivity index (χ1n) is 5.19. The minimum Gasteiger partial charge on any atom is -0.368 e. The van der Waals surface area contributed by atoms with Crippen molar-refractivity contribution in [2.45, 2.75) is 19.9 Å². The largest absolute Gasteiger partial charge is 0.368 e. The van der Waals surface area contributed by atoms with Crippen molar-refractivity contribution in [1.82, 2.24) is 0 Å². The van der Waals surface area contributed by atoms with Gasteiger partial charge in [-0.3, -0.25) is 9.10 Å². The molecule has 1 aromatic carbocycles. The van der Waals surface area contributed by atoms with Crippen molar-refractivity contribution < 1.29 is 13.2 Å². The van der Waals surface area contributed by atoms with E-state index in [2.05, 4.69) is 0 Å². The van der Waals surface area contributed by atoms with Gasteiger partial charge in [0.1, 0.15) is 6.04 Å². The first kappa shape index (κ1) is 14.8. The minimum absolute atomic E-state index is 0.358. The summed E-state index contributed by atoms with van der Waals surface area (Å²) in [5.41, 5.74) is 6.23. The number of nitrogens with zero attached hydrogens (tertiary/aromatic N) is 1. The van der Waals surface area contributed by atoms with E-state index in [-0.39, 0.29) is 0 Å². The molecule has 0 aromatic heterocycles. The second-order valence-corrected chi connectivity index (χ2v) is 6.36. The molecule has 1 atom stereocenters. The van der Waals surface area contributed by atoms with E-state index in [1.807, 2.05) is 0 Å². The SMILES string of the molecule is Cc1ccc(Cl)cc1N(C(C)C(N)=O)S(C)(=O)=O. The first-order valence-corrected chi connectivity index (χ1v) is 7.42. The fourth-order valence-corrected chi connectivity index (χ4v) is 3.01. The Bertz CT molecular complexity index is 572. The lowest BCUT2D eigenvalue weighted by Gasteiger charge is -2.28. The van der Waals surface area contributed by atoms with Crippen molar-refractivity contribution in [2.75, 3.05) is 10.6 Å². The monoisotopic (exact) mass is 290 g/mol. The van der Waals surface area contributed by atoms with Crippen LogP contribution in [-0.4, -0.2) is 26.6 Å². The number of benzene rings is 1. The van der Waals surface area contributed by atoms with Gasteiger partial charge in [0.25, 0.3) is 0 Å². The number of hydrogen-bond acceptors (Lipinski definition) is 3. The summed E-state index contributed by atoms with van der Waals surface area (Å²) in [5.74, 6) is -0.722. The molecule has 0 spiro atoms. The van der Waals surface area contributed by atoms with E-state index in [1.165, 1.54) is 13.0 Å². The van der Waals surface area contributed by atoms with E-state index in [9.17, 15) is 13.2 Å². The summed E-state index contributed by atoms with van der Waals surface area (Å²) in [6.07, 6.45) is 1.02. The third kappa shape index (κ3) is 3.14. The van der Waals surface area contributed by atoms with E-state index < -0.39 is 22.0 Å². The van der Waals surface area contributed by atoms with Crippen LogP contribution in [0.2, 0.25) is 5.02 Å². The van der Waals surface area contributed by atoms with Crippen LogP contribution in [0.4, 0.5) is 5.69 Å². The zero-order valence-corrected chi connectivity index (χ0v) is 11.9. The molecule has 100 valence electrons. The molecule has 5 nitrogen and oxygen atoms in total. The summed E-state index contributed by atoms with van der Waals surface area (Å²) in [5, 5.41) is 0.390. The van der Waals surface area contributed by atoms with E-state index in [0.717, 1.165) is 10.6 Å². The molecule has 0 fully saturated rings. The highest BCUT2D eigenvalue weighted by molar-refractivity contribution is 7.92. The van der Waals surface area contributed by atoms with Crippen LogP contribution in [0, 0.1) is 6.92 Å². The maximum atomic E-state index is 11.8. The zero-order valence-electron chi connectivity index (χ0n) is 10.3. The van der Waals surface area contributed by atoms with Gasteiger partial charge >= 0.3 is 0 Å². The number of primary amides is 1. The molecule has 1 aromatic rings. The zero-order chi connectivity index (χ0) is 14.1. The average molecular weight is 291 g/mol. The van der Waals surface area contributed by atoms with E-state index in [0.29, 0.717) is 16.3 Å². The molecule has 0 heterocycles. The Morgan fingerprint density at radius 3 is 2.44 bits per heavy atom. The molecule has 18 heavy (non-hydrogen) atoms. The van der Waals surface area contributed by atoms with Gasteiger partial charge in [0, 0.05) is 5.02 Å². The van der Waals surface area contributed by atoms with Crippen molar-refractivity contribution in [3.8, 4) is 0 Å². The van der Waals surface area contributed by atoms with Crippen LogP contribution < -0.4 is 10.0 Å². The topological polar surface area (TPSA) is 80.5 Å². The Hall–Kier alpha value is -1.27. The van der Waals surface area contributed by atoms with Crippen LogP contribution in [0.25, 0.3) is 0 Å². The quantitative estimate of drug-likeness (QED) is 0.907. The molecule has 0 aliphatic carbocycles. The van der Waals surface area contributed by atoms with E-state index in [1.54, 1.807) is 19.1 Å². The van der Waals surface area contributed by atoms with E-state index >= 15 is 0 Å². The second-order valence-electron chi connectivity index (χ2n) is 4.07. The Labute approximate surface area is 112 Å². The van der Waals surface area contributed by atoms with Gasteiger partial charge in [0.15, 0.2) is 0 Å². The van der Waals surface area contributed by atoms with Gasteiger partial charge in [-0.1, -0.05) is 17.7 Å². The van der Waals surface area contributed by atoms with Crippen molar-refractivity contribution in [1.29, 1.82) is 0 Å². The maximum Gasteiger partial charge on any atom is 0.241 e. The van der Waals surface area contributed by atoms with E-state index in [4.69, 9.17) is 17.3 Å². The lowest BCUT2D eigenvalue weighted by Crippen LogP contribution is -2.46. The highest BCUT2D eigenvalue weighted by atomic mass is 35.5. The summed E-state index contributed by atoms with van der Waals surface area (Å²) in [7, 11) is -3.63. The lowest BCUT2D eigenvalue weighted by atomic mass is 10.2. The summed E-state index contributed by atoms with van der Waals surface area (Å²) in [6.45, 7) is 3.17. The molecule has 0 saturated carbocycles. The fraction of sp³-hybridized carbons (Fsp3) is 0.364. The number of nitrogens with two attached hydrogens (primary N) is 1. The molecule has 2 N–H and O–H groups in total. The van der Waals surface area contributed by atoms with Gasteiger partial charge in [0.2, 0.25) is 15.9 Å². The predicted molar refractivity (Wildman–Crippen MR) is 72.2 cm³/mol. The van der Waals surface area contributed by atoms with Crippen LogP contribution >= 0.6 is 11.6 Å². The first-order chi connectivity index (χ1) is 8.14. The number of halogens is 1. The number of anilines is 1. The van der Waals surface area contributed by atoms with Gasteiger partial charge in [-0.25, -0.2) is 8.42 Å². The highest BCUT2D eigenvalue weighted by Crippen LogP contribution is 2.27. The Kier molecular flexibility index (Phi) is 4.24. The molecule has 0 saturated heterocycles. The van der Waals surface area contributed by atoms with Crippen LogP contribution in [0.5, 0.6) is 0 Å². The number of rotatable bonds is 4. The number of carbonyl (C=O) groups is 1. The molecular weight excluding hydrogens is 276 g/mol. The van der Waals surface area contributed by atoms with Crippen molar-refractivity contribution >= 4 is 33.2 Å². The third-order valence-corrected chi connectivity index (χ3v) is 3.99. The molecular formula is C11H15ClN2O3S. The molecule has 0 aliphatic heterocycles. The molecule has 0 bridgehead atoms. The second kappa shape index (κ2) is 5.16. The number of carbonyl (C=O) groups excluding carboxylic acids is 1. The van der Waals surface area contributed by atoms with Gasteiger partial charge in [0.05, 0.1) is 11.9 Å². The molecule has 0 radical (unpaired) electrons. The summed E-state index contributed by atoms with van der Waals surface area (Å²) >= 11 is 5.86. The number of sulfonamides is 1. The lowest BCUT2D eigenvalue weighted by molar-refractivity contribution is -0.118. The van der Waals surface area contributed by atoms with Gasteiger partial charge in [-0.15, -0.1) is 0 Å². The van der Waals surface area contributed by atoms with Crippen LogP contribution in [0.3, 0.4) is 0 Å². The smallest absolute Gasteiger partial charge is 0.241 e. The number of aryl methyl sites for hydroxylation is 1. The normalized spacial score (nSPS) is 13.1. The van der Waals surface area contributed by atoms with Crippen LogP contribution in [-0.2, 0) is 14.8 Å². The predicted octanol–water partition coefficient (Wildman–Crippen LogP) is 1.29. The average Bonchev–Trinajstić information content (AvgIpc) is 2.21. The Balaban J connectivity index is 3.45. The van der Waals surface area contributed by atoms with Gasteiger partial charge < -0.3 is 5.73 Å². The fourth-order valence-electron chi connectivity index (χ4n) is 1.61. The summed E-state index contributed by atoms with van der Waals surface area (Å²) < 4.78 is 24.6. The van der Waals surface area contributed by atoms with Crippen molar-refractivity contribution in [3.05, 3.63) is 28.8 Å². The molecule has 0 aliphatic rings. The van der Waals surface area contributed by atoms with Gasteiger partial charge in [-0.05, 0) is 31.5 Å². The summed E-state index contributed by atoms with van der Waals surface area (Å²) in [4.78, 5) is 11.2.